The van der Waals surface area contributed by atoms with Crippen LogP contribution in [0, 0.1) is 0 Å². The number of rotatable bonds is 7. The van der Waals surface area contributed by atoms with E-state index in [4.69, 9.17) is 5.11 Å². The van der Waals surface area contributed by atoms with Crippen LogP contribution in [-0.2, 0) is 24.8 Å². The lowest BCUT2D eigenvalue weighted by Gasteiger charge is -2.35. The molecule has 0 radical (unpaired) electrons. The maximum atomic E-state index is 12.5. The highest BCUT2D eigenvalue weighted by atomic mass is 32.2. The number of carbonyl (C=O) groups is 1. The van der Waals surface area contributed by atoms with Crippen molar-refractivity contribution in [3.63, 3.8) is 0 Å². The highest BCUT2D eigenvalue weighted by Gasteiger charge is 2.41. The second-order valence-corrected chi connectivity index (χ2v) is 10.1. The van der Waals surface area contributed by atoms with Gasteiger partial charge in [0.2, 0.25) is 0 Å². The zero-order valence-electron chi connectivity index (χ0n) is 11.9. The third-order valence-corrected chi connectivity index (χ3v) is 8.61. The molecule has 0 aromatic heterocycles. The minimum absolute atomic E-state index is 0.105. The first-order chi connectivity index (χ1) is 9.63. The molecule has 0 saturated carbocycles. The SMILES string of the molecule is CCS(=O)(=O)C1CSCCN1S(=O)(=O)N(C)CCC(=O)O. The molecule has 11 heteroatoms. The van der Waals surface area contributed by atoms with E-state index in [0.717, 1.165) is 8.61 Å². The molecule has 1 N–H and O–H groups in total. The van der Waals surface area contributed by atoms with Crippen molar-refractivity contribution in [2.75, 3.05) is 37.4 Å². The molecule has 1 fully saturated rings. The van der Waals surface area contributed by atoms with E-state index in [2.05, 4.69) is 0 Å². The predicted octanol–water partition coefficient (Wildman–Crippen LogP) is -0.553. The maximum absolute atomic E-state index is 12.5. The fourth-order valence-electron chi connectivity index (χ4n) is 1.85. The lowest BCUT2D eigenvalue weighted by Crippen LogP contribution is -2.54. The number of nitrogens with zero attached hydrogens (tertiary/aromatic N) is 2. The summed E-state index contributed by atoms with van der Waals surface area (Å²) >= 11 is 1.40. The highest BCUT2D eigenvalue weighted by molar-refractivity contribution is 8.01. The molecular weight excluding hydrogens is 340 g/mol. The first kappa shape index (κ1) is 18.7. The highest BCUT2D eigenvalue weighted by Crippen LogP contribution is 2.25. The van der Waals surface area contributed by atoms with Gasteiger partial charge in [-0.25, -0.2) is 8.42 Å². The van der Waals surface area contributed by atoms with Gasteiger partial charge in [0.05, 0.1) is 6.42 Å². The van der Waals surface area contributed by atoms with Crippen LogP contribution in [0.4, 0.5) is 0 Å². The first-order valence-corrected chi connectivity index (χ1v) is 10.6. The third-order valence-electron chi connectivity index (χ3n) is 3.19. The molecule has 0 amide bonds. The molecule has 0 aromatic carbocycles. The molecule has 124 valence electrons. The van der Waals surface area contributed by atoms with Crippen molar-refractivity contribution >= 4 is 37.8 Å². The largest absolute Gasteiger partial charge is 0.481 e. The maximum Gasteiger partial charge on any atom is 0.304 e. The van der Waals surface area contributed by atoms with Crippen LogP contribution < -0.4 is 0 Å². The summed E-state index contributed by atoms with van der Waals surface area (Å²) < 4.78 is 50.9. The Kier molecular flexibility index (Phi) is 6.47. The summed E-state index contributed by atoms with van der Waals surface area (Å²) in [6.45, 7) is 1.39. The van der Waals surface area contributed by atoms with Crippen LogP contribution in [0.2, 0.25) is 0 Å². The van der Waals surface area contributed by atoms with Gasteiger partial charge in [-0.3, -0.25) is 4.79 Å². The standard InChI is InChI=1S/C10H20N2O6S3/c1-3-20(15,16)9-8-19-7-6-12(9)21(17,18)11(2)5-4-10(13)14/h9H,3-8H2,1-2H3,(H,13,14). The molecule has 8 nitrogen and oxygen atoms in total. The lowest BCUT2D eigenvalue weighted by molar-refractivity contribution is -0.137. The van der Waals surface area contributed by atoms with Gasteiger partial charge in [0.25, 0.3) is 10.2 Å². The van der Waals surface area contributed by atoms with Gasteiger partial charge in [0, 0.05) is 37.4 Å². The molecule has 1 rings (SSSR count). The Bertz CT molecular complexity index is 574. The van der Waals surface area contributed by atoms with Crippen molar-refractivity contribution in [2.24, 2.45) is 0 Å². The molecule has 0 bridgehead atoms. The fraction of sp³-hybridized carbons (Fsp3) is 0.900. The van der Waals surface area contributed by atoms with E-state index >= 15 is 0 Å². The van der Waals surface area contributed by atoms with E-state index in [1.807, 2.05) is 0 Å². The van der Waals surface area contributed by atoms with E-state index in [0.29, 0.717) is 5.75 Å². The molecule has 0 spiro atoms. The van der Waals surface area contributed by atoms with Gasteiger partial charge in [0.15, 0.2) is 9.84 Å². The number of carboxylic acid groups (broad SMARTS) is 1. The number of hydrogen-bond acceptors (Lipinski definition) is 6. The molecular formula is C10H20N2O6S3. The van der Waals surface area contributed by atoms with Crippen molar-refractivity contribution in [3.05, 3.63) is 0 Å². The summed E-state index contributed by atoms with van der Waals surface area (Å²) in [6.07, 6.45) is -0.330. The first-order valence-electron chi connectivity index (χ1n) is 6.37. The Morgan fingerprint density at radius 1 is 1.38 bits per heavy atom. The zero-order valence-corrected chi connectivity index (χ0v) is 14.4. The number of thioether (sulfide) groups is 1. The Hall–Kier alpha value is -0.360. The molecule has 21 heavy (non-hydrogen) atoms. The van der Waals surface area contributed by atoms with Gasteiger partial charge in [-0.2, -0.15) is 28.8 Å². The second-order valence-electron chi connectivity index (χ2n) is 4.56. The van der Waals surface area contributed by atoms with E-state index in [1.54, 1.807) is 0 Å². The number of carboxylic acids is 1. The Balaban J connectivity index is 3.00. The Morgan fingerprint density at radius 3 is 2.52 bits per heavy atom. The van der Waals surface area contributed by atoms with Crippen molar-refractivity contribution < 1.29 is 26.7 Å². The molecule has 1 aliphatic rings. The van der Waals surface area contributed by atoms with Crippen LogP contribution in [0.25, 0.3) is 0 Å². The van der Waals surface area contributed by atoms with Crippen LogP contribution in [0.3, 0.4) is 0 Å². The van der Waals surface area contributed by atoms with Crippen LogP contribution in [0.5, 0.6) is 0 Å². The average molecular weight is 360 g/mol. The van der Waals surface area contributed by atoms with Gasteiger partial charge < -0.3 is 5.11 Å². The van der Waals surface area contributed by atoms with Crippen molar-refractivity contribution in [3.8, 4) is 0 Å². The third kappa shape index (κ3) is 4.55. The fourth-order valence-corrected chi connectivity index (χ4v) is 7.00. The summed E-state index contributed by atoms with van der Waals surface area (Å²) in [5, 5.41) is 7.54. The molecule has 1 atom stereocenters. The quantitative estimate of drug-likeness (QED) is 0.648. The van der Waals surface area contributed by atoms with Gasteiger partial charge in [-0.15, -0.1) is 0 Å². The molecule has 1 aliphatic heterocycles. The van der Waals surface area contributed by atoms with Crippen molar-refractivity contribution in [2.45, 2.75) is 18.7 Å². The lowest BCUT2D eigenvalue weighted by atomic mass is 10.4. The van der Waals surface area contributed by atoms with Crippen LogP contribution in [0.15, 0.2) is 0 Å². The number of sulfone groups is 1. The summed E-state index contributed by atoms with van der Waals surface area (Å²) in [7, 11) is -6.27. The Morgan fingerprint density at radius 2 is 2.00 bits per heavy atom. The summed E-state index contributed by atoms with van der Waals surface area (Å²) in [5.74, 6) is -0.531. The van der Waals surface area contributed by atoms with E-state index < -0.39 is 31.4 Å². The molecule has 1 unspecified atom stereocenters. The second kappa shape index (κ2) is 7.27. The molecule has 0 aromatic rings. The summed E-state index contributed by atoms with van der Waals surface area (Å²) in [5.41, 5.74) is 0. The van der Waals surface area contributed by atoms with Crippen LogP contribution in [0.1, 0.15) is 13.3 Å². The smallest absolute Gasteiger partial charge is 0.304 e. The Labute approximate surface area is 129 Å². The number of aliphatic carboxylic acids is 1. The average Bonchev–Trinajstić information content (AvgIpc) is 2.44. The van der Waals surface area contributed by atoms with Crippen molar-refractivity contribution in [1.82, 2.24) is 8.61 Å². The van der Waals surface area contributed by atoms with Gasteiger partial charge in [-0.05, 0) is 0 Å². The normalized spacial score (nSPS) is 21.6. The summed E-state index contributed by atoms with van der Waals surface area (Å²) in [6, 6.07) is 0. The topological polar surface area (TPSA) is 112 Å². The molecule has 0 aliphatic carbocycles. The summed E-state index contributed by atoms with van der Waals surface area (Å²) in [4.78, 5) is 10.5. The molecule has 1 saturated heterocycles. The van der Waals surface area contributed by atoms with Gasteiger partial charge >= 0.3 is 5.97 Å². The van der Waals surface area contributed by atoms with Crippen LogP contribution in [-0.4, -0.2) is 79.3 Å². The van der Waals surface area contributed by atoms with E-state index in [9.17, 15) is 21.6 Å². The van der Waals surface area contributed by atoms with Gasteiger partial charge in [0.1, 0.15) is 5.37 Å². The molecule has 1 heterocycles. The van der Waals surface area contributed by atoms with Crippen LogP contribution >= 0.6 is 11.8 Å². The van der Waals surface area contributed by atoms with E-state index in [1.165, 1.54) is 25.7 Å². The number of hydrogen-bond donors (Lipinski definition) is 1. The predicted molar refractivity (Wildman–Crippen MR) is 81.1 cm³/mol. The zero-order chi connectivity index (χ0) is 16.3. The monoisotopic (exact) mass is 360 g/mol. The van der Waals surface area contributed by atoms with Gasteiger partial charge in [-0.1, -0.05) is 6.92 Å². The minimum atomic E-state index is -3.99. The van der Waals surface area contributed by atoms with Crippen molar-refractivity contribution in [1.29, 1.82) is 0 Å². The van der Waals surface area contributed by atoms with E-state index in [-0.39, 0.29) is 31.0 Å². The minimum Gasteiger partial charge on any atom is -0.481 e.